The molecule has 1 aromatic rings. The first-order valence-electron chi connectivity index (χ1n) is 7.14. The van der Waals surface area contributed by atoms with Crippen LogP contribution in [0, 0.1) is 6.92 Å². The van der Waals surface area contributed by atoms with Gasteiger partial charge in [0.1, 0.15) is 0 Å². The van der Waals surface area contributed by atoms with Gasteiger partial charge >= 0.3 is 0 Å². The van der Waals surface area contributed by atoms with E-state index in [9.17, 15) is 0 Å². The molecule has 0 saturated carbocycles. The lowest BCUT2D eigenvalue weighted by atomic mass is 9.97. The van der Waals surface area contributed by atoms with Crippen molar-refractivity contribution in [3.8, 4) is 0 Å². The fourth-order valence-corrected chi connectivity index (χ4v) is 2.76. The molecule has 0 unspecified atom stereocenters. The normalized spacial score (nSPS) is 14.6. The summed E-state index contributed by atoms with van der Waals surface area (Å²) in [5.41, 5.74) is 3.55. The molecule has 0 radical (unpaired) electrons. The number of halogens is 1. The minimum absolute atomic E-state index is 0.659. The molecule has 108 valence electrons. The molecule has 1 aliphatic rings. The van der Waals surface area contributed by atoms with Crippen LogP contribution < -0.4 is 10.6 Å². The smallest absolute Gasteiger partial charge is 0.170 e. The standard InChI is InChI=1S/C16H21ClN2S/c1-12-14(17)8-5-9-15(12)19-16(20)18-11-10-13-6-3-2-4-7-13/h5-6,8-9H,2-4,7,10-11H2,1H3,(H2,18,19,20). The van der Waals surface area contributed by atoms with E-state index >= 15 is 0 Å². The molecule has 0 saturated heterocycles. The Morgan fingerprint density at radius 3 is 2.95 bits per heavy atom. The van der Waals surface area contributed by atoms with Crippen molar-refractivity contribution >= 4 is 34.6 Å². The number of hydrogen-bond donors (Lipinski definition) is 2. The van der Waals surface area contributed by atoms with Gasteiger partial charge in [0.25, 0.3) is 0 Å². The fraction of sp³-hybridized carbons (Fsp3) is 0.438. The van der Waals surface area contributed by atoms with Crippen LogP contribution in [0.25, 0.3) is 0 Å². The summed E-state index contributed by atoms with van der Waals surface area (Å²) in [6.07, 6.45) is 8.61. The Hall–Kier alpha value is -1.06. The Bertz CT molecular complexity index is 511. The molecule has 0 heterocycles. The van der Waals surface area contributed by atoms with Crippen LogP contribution in [0.15, 0.2) is 29.8 Å². The minimum Gasteiger partial charge on any atom is -0.362 e. The molecule has 0 aliphatic heterocycles. The van der Waals surface area contributed by atoms with Gasteiger partial charge in [-0.2, -0.15) is 0 Å². The summed E-state index contributed by atoms with van der Waals surface area (Å²) >= 11 is 11.4. The molecule has 1 aliphatic carbocycles. The summed E-state index contributed by atoms with van der Waals surface area (Å²) in [5, 5.41) is 7.88. The Morgan fingerprint density at radius 1 is 1.35 bits per heavy atom. The Kier molecular flexibility index (Phi) is 5.86. The summed E-state index contributed by atoms with van der Waals surface area (Å²) in [6, 6.07) is 5.79. The van der Waals surface area contributed by atoms with Crippen LogP contribution in [0.1, 0.15) is 37.7 Å². The molecule has 1 aromatic carbocycles. The van der Waals surface area contributed by atoms with E-state index in [2.05, 4.69) is 16.7 Å². The lowest BCUT2D eigenvalue weighted by Gasteiger charge is -2.15. The first kappa shape index (κ1) is 15.3. The molecule has 0 amide bonds. The van der Waals surface area contributed by atoms with Gasteiger partial charge in [-0.05, 0) is 68.9 Å². The zero-order valence-electron chi connectivity index (χ0n) is 11.8. The number of anilines is 1. The number of nitrogens with one attached hydrogen (secondary N) is 2. The van der Waals surface area contributed by atoms with Gasteiger partial charge in [-0.25, -0.2) is 0 Å². The Labute approximate surface area is 131 Å². The number of hydrogen-bond acceptors (Lipinski definition) is 1. The van der Waals surface area contributed by atoms with Crippen LogP contribution in [0.2, 0.25) is 5.02 Å². The fourth-order valence-electron chi connectivity index (χ4n) is 2.38. The van der Waals surface area contributed by atoms with Crippen molar-refractivity contribution in [2.45, 2.75) is 39.0 Å². The second-order valence-corrected chi connectivity index (χ2v) is 5.97. The largest absolute Gasteiger partial charge is 0.362 e. The van der Waals surface area contributed by atoms with Crippen molar-refractivity contribution in [1.82, 2.24) is 5.32 Å². The van der Waals surface area contributed by atoms with E-state index < -0.39 is 0 Å². The van der Waals surface area contributed by atoms with Gasteiger partial charge in [-0.3, -0.25) is 0 Å². The summed E-state index contributed by atoms with van der Waals surface area (Å²) in [5.74, 6) is 0. The van der Waals surface area contributed by atoms with Gasteiger partial charge in [0.15, 0.2) is 5.11 Å². The van der Waals surface area contributed by atoms with E-state index in [4.69, 9.17) is 23.8 Å². The highest BCUT2D eigenvalue weighted by Gasteiger charge is 2.05. The molecule has 2 rings (SSSR count). The van der Waals surface area contributed by atoms with Crippen LogP contribution in [0.4, 0.5) is 5.69 Å². The van der Waals surface area contributed by atoms with E-state index in [1.54, 1.807) is 5.57 Å². The number of thiocarbonyl (C=S) groups is 1. The van der Waals surface area contributed by atoms with Crippen molar-refractivity contribution in [2.24, 2.45) is 0 Å². The highest BCUT2D eigenvalue weighted by Crippen LogP contribution is 2.23. The van der Waals surface area contributed by atoms with Gasteiger partial charge < -0.3 is 10.6 Å². The van der Waals surface area contributed by atoms with Crippen LogP contribution >= 0.6 is 23.8 Å². The van der Waals surface area contributed by atoms with Gasteiger partial charge in [0.05, 0.1) is 0 Å². The maximum Gasteiger partial charge on any atom is 0.170 e. The molecule has 0 aromatic heterocycles. The molecule has 20 heavy (non-hydrogen) atoms. The molecule has 2 N–H and O–H groups in total. The Morgan fingerprint density at radius 2 is 2.20 bits per heavy atom. The summed E-state index contributed by atoms with van der Waals surface area (Å²) in [4.78, 5) is 0. The lowest BCUT2D eigenvalue weighted by molar-refractivity contribution is 0.669. The third-order valence-corrected chi connectivity index (χ3v) is 4.29. The van der Waals surface area contributed by atoms with E-state index in [1.807, 2.05) is 25.1 Å². The molecule has 4 heteroatoms. The second-order valence-electron chi connectivity index (χ2n) is 5.15. The monoisotopic (exact) mass is 308 g/mol. The molecule has 0 fully saturated rings. The highest BCUT2D eigenvalue weighted by atomic mass is 35.5. The topological polar surface area (TPSA) is 24.1 Å². The number of benzene rings is 1. The summed E-state index contributed by atoms with van der Waals surface area (Å²) < 4.78 is 0. The molecular weight excluding hydrogens is 288 g/mol. The van der Waals surface area contributed by atoms with Gasteiger partial charge in [0, 0.05) is 17.3 Å². The average Bonchev–Trinajstić information content (AvgIpc) is 2.45. The summed E-state index contributed by atoms with van der Waals surface area (Å²) in [6.45, 7) is 2.87. The third-order valence-electron chi connectivity index (χ3n) is 3.63. The number of rotatable bonds is 4. The minimum atomic E-state index is 0.659. The average molecular weight is 309 g/mol. The van der Waals surface area contributed by atoms with E-state index in [0.717, 1.165) is 29.2 Å². The molecular formula is C16H21ClN2S. The zero-order chi connectivity index (χ0) is 14.4. The maximum atomic E-state index is 6.09. The van der Waals surface area contributed by atoms with Crippen molar-refractivity contribution in [2.75, 3.05) is 11.9 Å². The van der Waals surface area contributed by atoms with Gasteiger partial charge in [-0.1, -0.05) is 29.3 Å². The van der Waals surface area contributed by atoms with Crippen LogP contribution in [-0.2, 0) is 0 Å². The van der Waals surface area contributed by atoms with E-state index in [-0.39, 0.29) is 0 Å². The lowest BCUT2D eigenvalue weighted by Crippen LogP contribution is -2.29. The predicted molar refractivity (Wildman–Crippen MR) is 91.6 cm³/mol. The SMILES string of the molecule is Cc1c(Cl)cccc1NC(=S)NCCC1=CCCCC1. The second kappa shape index (κ2) is 7.65. The first-order valence-corrected chi connectivity index (χ1v) is 7.93. The zero-order valence-corrected chi connectivity index (χ0v) is 13.4. The van der Waals surface area contributed by atoms with Crippen molar-refractivity contribution in [3.05, 3.63) is 40.4 Å². The van der Waals surface area contributed by atoms with Crippen molar-refractivity contribution in [1.29, 1.82) is 0 Å². The van der Waals surface area contributed by atoms with Crippen LogP contribution in [0.5, 0.6) is 0 Å². The first-order chi connectivity index (χ1) is 9.66. The van der Waals surface area contributed by atoms with Gasteiger partial charge in [-0.15, -0.1) is 0 Å². The quantitative estimate of drug-likeness (QED) is 0.615. The van der Waals surface area contributed by atoms with Crippen molar-refractivity contribution < 1.29 is 0 Å². The number of allylic oxidation sites excluding steroid dienone is 1. The molecule has 0 spiro atoms. The molecule has 0 atom stereocenters. The Balaban J connectivity index is 1.78. The molecule has 2 nitrogen and oxygen atoms in total. The van der Waals surface area contributed by atoms with E-state index in [0.29, 0.717) is 5.11 Å². The summed E-state index contributed by atoms with van der Waals surface area (Å²) in [7, 11) is 0. The maximum absolute atomic E-state index is 6.09. The predicted octanol–water partition coefficient (Wildman–Crippen LogP) is 4.83. The third kappa shape index (κ3) is 4.50. The van der Waals surface area contributed by atoms with Crippen LogP contribution in [-0.4, -0.2) is 11.7 Å². The van der Waals surface area contributed by atoms with Crippen molar-refractivity contribution in [3.63, 3.8) is 0 Å². The van der Waals surface area contributed by atoms with Gasteiger partial charge in [0.2, 0.25) is 0 Å². The van der Waals surface area contributed by atoms with E-state index in [1.165, 1.54) is 25.7 Å². The highest BCUT2D eigenvalue weighted by molar-refractivity contribution is 7.80. The van der Waals surface area contributed by atoms with Crippen LogP contribution in [0.3, 0.4) is 0 Å². The molecule has 0 bridgehead atoms.